The van der Waals surface area contributed by atoms with Gasteiger partial charge in [0.15, 0.2) is 0 Å². The number of benzene rings is 2. The van der Waals surface area contributed by atoms with Crippen LogP contribution >= 0.6 is 0 Å². The zero-order chi connectivity index (χ0) is 14.9. The fourth-order valence-electron chi connectivity index (χ4n) is 2.42. The summed E-state index contributed by atoms with van der Waals surface area (Å²) in [4.78, 5) is 3.98. The minimum atomic E-state index is -0.697. The van der Waals surface area contributed by atoms with E-state index in [0.29, 0.717) is 0 Å². The number of halogens is 2. The highest BCUT2D eigenvalue weighted by molar-refractivity contribution is 5.38. The van der Waals surface area contributed by atoms with Crippen molar-refractivity contribution in [2.45, 2.75) is 12.5 Å². The number of nitrogens with zero attached hydrogens (tertiary/aromatic N) is 3. The molecule has 0 unspecified atom stereocenters. The van der Waals surface area contributed by atoms with Gasteiger partial charge in [-0.15, -0.1) is 0 Å². The summed E-state index contributed by atoms with van der Waals surface area (Å²) in [6.07, 6.45) is 3.03. The van der Waals surface area contributed by atoms with Crippen LogP contribution in [0.4, 0.5) is 8.78 Å². The Morgan fingerprint density at radius 1 is 0.857 bits per heavy atom. The molecule has 1 heterocycles. The number of hydrogen-bond acceptors (Lipinski definition) is 2. The highest BCUT2D eigenvalue weighted by Gasteiger charge is 2.32. The minimum Gasteiger partial charge on any atom is -0.238 e. The van der Waals surface area contributed by atoms with Crippen LogP contribution in [0.25, 0.3) is 0 Å². The fraction of sp³-hybridized carbons (Fsp3) is 0.125. The van der Waals surface area contributed by atoms with Crippen LogP contribution in [-0.4, -0.2) is 14.8 Å². The third-order valence-electron chi connectivity index (χ3n) is 3.69. The van der Waals surface area contributed by atoms with Gasteiger partial charge in [-0.25, -0.2) is 18.4 Å². The van der Waals surface area contributed by atoms with Crippen LogP contribution < -0.4 is 0 Å². The fourth-order valence-corrected chi connectivity index (χ4v) is 2.42. The molecule has 0 saturated carbocycles. The predicted octanol–water partition coefficient (Wildman–Crippen LogP) is 3.37. The van der Waals surface area contributed by atoms with E-state index in [2.05, 4.69) is 10.1 Å². The van der Waals surface area contributed by atoms with Gasteiger partial charge in [0.05, 0.1) is 0 Å². The Morgan fingerprint density at radius 3 is 1.71 bits per heavy atom. The SMILES string of the molecule is CC(c1ccc(F)cc1)(c1ccc(F)cc1)n1cncn1. The summed E-state index contributed by atoms with van der Waals surface area (Å²) in [5.41, 5.74) is 0.972. The smallest absolute Gasteiger partial charge is 0.137 e. The van der Waals surface area contributed by atoms with E-state index in [1.165, 1.54) is 30.6 Å². The molecule has 0 spiro atoms. The van der Waals surface area contributed by atoms with Crippen LogP contribution in [-0.2, 0) is 5.54 Å². The summed E-state index contributed by atoms with van der Waals surface area (Å²) in [6, 6.07) is 12.4. The third-order valence-corrected chi connectivity index (χ3v) is 3.69. The maximum Gasteiger partial charge on any atom is 0.137 e. The summed E-state index contributed by atoms with van der Waals surface area (Å²) in [5.74, 6) is -0.613. The van der Waals surface area contributed by atoms with Gasteiger partial charge in [0.2, 0.25) is 0 Å². The maximum atomic E-state index is 13.2. The first-order valence-corrected chi connectivity index (χ1v) is 6.48. The largest absolute Gasteiger partial charge is 0.238 e. The van der Waals surface area contributed by atoms with Crippen molar-refractivity contribution in [3.8, 4) is 0 Å². The van der Waals surface area contributed by atoms with Crippen molar-refractivity contribution in [2.75, 3.05) is 0 Å². The van der Waals surface area contributed by atoms with Crippen LogP contribution in [0.2, 0.25) is 0 Å². The van der Waals surface area contributed by atoms with Crippen LogP contribution in [0.15, 0.2) is 61.2 Å². The molecule has 0 fully saturated rings. The van der Waals surface area contributed by atoms with E-state index >= 15 is 0 Å². The van der Waals surface area contributed by atoms with Crippen LogP contribution in [0.3, 0.4) is 0 Å². The molecule has 0 atom stereocenters. The van der Waals surface area contributed by atoms with Crippen LogP contribution in [0.5, 0.6) is 0 Å². The highest BCUT2D eigenvalue weighted by atomic mass is 19.1. The molecular formula is C16H13F2N3. The monoisotopic (exact) mass is 285 g/mol. The van der Waals surface area contributed by atoms with E-state index in [4.69, 9.17) is 0 Å². The van der Waals surface area contributed by atoms with E-state index in [0.717, 1.165) is 11.1 Å². The summed E-state index contributed by atoms with van der Waals surface area (Å²) in [7, 11) is 0. The van der Waals surface area contributed by atoms with Gasteiger partial charge in [-0.2, -0.15) is 5.10 Å². The van der Waals surface area contributed by atoms with Crippen LogP contribution in [0.1, 0.15) is 18.1 Å². The molecule has 0 amide bonds. The second kappa shape index (κ2) is 5.09. The van der Waals surface area contributed by atoms with Gasteiger partial charge in [-0.3, -0.25) is 0 Å². The second-order valence-corrected chi connectivity index (χ2v) is 4.93. The first kappa shape index (κ1) is 13.4. The van der Waals surface area contributed by atoms with Gasteiger partial charge in [-0.05, 0) is 42.3 Å². The molecule has 3 nitrogen and oxygen atoms in total. The summed E-state index contributed by atoms with van der Waals surface area (Å²) >= 11 is 0. The average molecular weight is 285 g/mol. The molecule has 1 aromatic heterocycles. The van der Waals surface area contributed by atoms with E-state index in [1.807, 2.05) is 6.92 Å². The Morgan fingerprint density at radius 2 is 1.33 bits per heavy atom. The first-order chi connectivity index (χ1) is 10.1. The van der Waals surface area contributed by atoms with Gasteiger partial charge in [0.1, 0.15) is 29.8 Å². The van der Waals surface area contributed by atoms with Crippen molar-refractivity contribution in [2.24, 2.45) is 0 Å². The van der Waals surface area contributed by atoms with Crippen molar-refractivity contribution < 1.29 is 8.78 Å². The van der Waals surface area contributed by atoms with E-state index in [1.54, 1.807) is 35.3 Å². The lowest BCUT2D eigenvalue weighted by Crippen LogP contribution is -2.33. The molecule has 3 rings (SSSR count). The lowest BCUT2D eigenvalue weighted by Gasteiger charge is -2.31. The molecule has 0 aliphatic heterocycles. The quantitative estimate of drug-likeness (QED) is 0.738. The Balaban J connectivity index is 2.20. The van der Waals surface area contributed by atoms with Crippen molar-refractivity contribution in [1.82, 2.24) is 14.8 Å². The molecule has 106 valence electrons. The zero-order valence-electron chi connectivity index (χ0n) is 11.4. The first-order valence-electron chi connectivity index (χ1n) is 6.48. The average Bonchev–Trinajstić information content (AvgIpc) is 3.02. The molecule has 0 radical (unpaired) electrons. The molecule has 21 heavy (non-hydrogen) atoms. The van der Waals surface area contributed by atoms with Gasteiger partial charge in [0.25, 0.3) is 0 Å². The van der Waals surface area contributed by atoms with Gasteiger partial charge >= 0.3 is 0 Å². The maximum absolute atomic E-state index is 13.2. The van der Waals surface area contributed by atoms with E-state index in [-0.39, 0.29) is 11.6 Å². The molecule has 0 saturated heterocycles. The summed E-state index contributed by atoms with van der Waals surface area (Å²) in [6.45, 7) is 1.93. The van der Waals surface area contributed by atoms with Crippen molar-refractivity contribution >= 4 is 0 Å². The van der Waals surface area contributed by atoms with Crippen molar-refractivity contribution in [1.29, 1.82) is 0 Å². The molecule has 0 aliphatic rings. The predicted molar refractivity (Wildman–Crippen MR) is 74.7 cm³/mol. The lowest BCUT2D eigenvalue weighted by molar-refractivity contribution is 0.423. The molecular weight excluding hydrogens is 272 g/mol. The Hall–Kier alpha value is -2.56. The van der Waals surface area contributed by atoms with Crippen LogP contribution in [0, 0.1) is 11.6 Å². The second-order valence-electron chi connectivity index (χ2n) is 4.93. The normalized spacial score (nSPS) is 11.6. The van der Waals surface area contributed by atoms with Gasteiger partial charge in [0, 0.05) is 0 Å². The number of hydrogen-bond donors (Lipinski definition) is 0. The molecule has 0 aliphatic carbocycles. The molecule has 0 bridgehead atoms. The highest BCUT2D eigenvalue weighted by Crippen LogP contribution is 2.33. The minimum absolute atomic E-state index is 0.307. The van der Waals surface area contributed by atoms with Crippen molar-refractivity contribution in [3.05, 3.63) is 83.9 Å². The Labute approximate surface area is 120 Å². The topological polar surface area (TPSA) is 30.7 Å². The number of rotatable bonds is 3. The molecule has 2 aromatic carbocycles. The van der Waals surface area contributed by atoms with E-state index in [9.17, 15) is 8.78 Å². The van der Waals surface area contributed by atoms with Crippen molar-refractivity contribution in [3.63, 3.8) is 0 Å². The van der Waals surface area contributed by atoms with E-state index < -0.39 is 5.54 Å². The summed E-state index contributed by atoms with van der Waals surface area (Å²) < 4.78 is 28.1. The van der Waals surface area contributed by atoms with Gasteiger partial charge < -0.3 is 0 Å². The number of aromatic nitrogens is 3. The zero-order valence-corrected chi connectivity index (χ0v) is 11.4. The third kappa shape index (κ3) is 2.31. The Kier molecular flexibility index (Phi) is 3.25. The van der Waals surface area contributed by atoms with Gasteiger partial charge in [-0.1, -0.05) is 24.3 Å². The lowest BCUT2D eigenvalue weighted by atomic mass is 9.85. The molecule has 5 heteroatoms. The summed E-state index contributed by atoms with van der Waals surface area (Å²) in [5, 5.41) is 4.20. The molecule has 3 aromatic rings. The molecule has 0 N–H and O–H groups in total. The Bertz CT molecular complexity index is 674. The standard InChI is InChI=1S/C16H13F2N3/c1-16(21-11-19-10-20-21,12-2-6-14(17)7-3-12)13-4-8-15(18)9-5-13/h2-11H,1H3.